The topological polar surface area (TPSA) is 115 Å². The molecule has 1 saturated carbocycles. The van der Waals surface area contributed by atoms with Crippen LogP contribution in [0.25, 0.3) is 16.8 Å². The van der Waals surface area contributed by atoms with Gasteiger partial charge >= 0.3 is 5.69 Å². The number of aliphatic hydroxyl groups is 1. The van der Waals surface area contributed by atoms with E-state index in [-0.39, 0.29) is 17.8 Å². The lowest BCUT2D eigenvalue weighted by molar-refractivity contribution is 0.178. The van der Waals surface area contributed by atoms with E-state index in [9.17, 15) is 9.90 Å². The van der Waals surface area contributed by atoms with Gasteiger partial charge in [0.25, 0.3) is 0 Å². The molecule has 0 bridgehead atoms. The van der Waals surface area contributed by atoms with Gasteiger partial charge < -0.3 is 10.4 Å². The van der Waals surface area contributed by atoms with Crippen LogP contribution in [0.2, 0.25) is 0 Å². The molecule has 1 aliphatic carbocycles. The third-order valence-electron chi connectivity index (χ3n) is 5.44. The molecular weight excluding hydrogens is 360 g/mol. The fourth-order valence-corrected chi connectivity index (χ4v) is 3.90. The highest BCUT2D eigenvalue weighted by Gasteiger charge is 2.28. The first-order chi connectivity index (χ1) is 13.5. The van der Waals surface area contributed by atoms with Crippen LogP contribution in [0, 0.1) is 6.92 Å². The second-order valence-electron chi connectivity index (χ2n) is 7.29. The van der Waals surface area contributed by atoms with Crippen molar-refractivity contribution in [3.05, 3.63) is 40.8 Å². The van der Waals surface area contributed by atoms with Crippen molar-refractivity contribution in [3.63, 3.8) is 0 Å². The van der Waals surface area contributed by atoms with E-state index in [4.69, 9.17) is 0 Å². The molecule has 144 valence electrons. The average molecular weight is 380 g/mol. The van der Waals surface area contributed by atoms with E-state index in [0.717, 1.165) is 23.3 Å². The van der Waals surface area contributed by atoms with Crippen LogP contribution in [-0.2, 0) is 7.05 Å². The lowest BCUT2D eigenvalue weighted by Gasteiger charge is -2.12. The molecule has 4 aromatic rings. The highest BCUT2D eigenvalue weighted by Crippen LogP contribution is 2.31. The van der Waals surface area contributed by atoms with Crippen LogP contribution >= 0.6 is 0 Å². The molecule has 0 amide bonds. The SMILES string of the molecule is Cc1cc2ncnn2cc1Nc1ncc2c(n1)n([C@@H]1CC[C@H](O)C1)c(=O)n2C. The van der Waals surface area contributed by atoms with Crippen molar-refractivity contribution in [1.29, 1.82) is 0 Å². The van der Waals surface area contributed by atoms with Gasteiger partial charge in [-0.05, 0) is 37.8 Å². The van der Waals surface area contributed by atoms with Crippen LogP contribution < -0.4 is 11.0 Å². The summed E-state index contributed by atoms with van der Waals surface area (Å²) in [6.45, 7) is 1.97. The highest BCUT2D eigenvalue weighted by molar-refractivity contribution is 5.73. The second-order valence-corrected chi connectivity index (χ2v) is 7.29. The Bertz CT molecular complexity index is 1250. The zero-order valence-electron chi connectivity index (χ0n) is 15.6. The molecule has 1 fully saturated rings. The van der Waals surface area contributed by atoms with Gasteiger partial charge in [-0.3, -0.25) is 9.13 Å². The number of nitrogens with one attached hydrogen (secondary N) is 1. The zero-order valence-corrected chi connectivity index (χ0v) is 15.6. The minimum atomic E-state index is -0.372. The Morgan fingerprint density at radius 2 is 2.14 bits per heavy atom. The van der Waals surface area contributed by atoms with E-state index >= 15 is 0 Å². The van der Waals surface area contributed by atoms with E-state index in [2.05, 4.69) is 25.4 Å². The second kappa shape index (κ2) is 6.13. The van der Waals surface area contributed by atoms with Crippen LogP contribution in [0.3, 0.4) is 0 Å². The molecule has 0 saturated heterocycles. The van der Waals surface area contributed by atoms with Gasteiger partial charge in [-0.1, -0.05) is 0 Å². The minimum absolute atomic E-state index is 0.0535. The van der Waals surface area contributed by atoms with Crippen molar-refractivity contribution in [2.75, 3.05) is 5.32 Å². The average Bonchev–Trinajstić information content (AvgIpc) is 3.35. The molecule has 4 heterocycles. The quantitative estimate of drug-likeness (QED) is 0.550. The van der Waals surface area contributed by atoms with Gasteiger partial charge in [0.2, 0.25) is 5.95 Å². The van der Waals surface area contributed by atoms with Crippen LogP contribution in [0.5, 0.6) is 0 Å². The van der Waals surface area contributed by atoms with Gasteiger partial charge in [0.15, 0.2) is 11.3 Å². The summed E-state index contributed by atoms with van der Waals surface area (Å²) < 4.78 is 4.91. The normalized spacial score (nSPS) is 19.7. The Labute approximate surface area is 159 Å². The summed E-state index contributed by atoms with van der Waals surface area (Å²) in [5, 5.41) is 17.3. The number of nitrogens with zero attached hydrogens (tertiary/aromatic N) is 7. The summed E-state index contributed by atoms with van der Waals surface area (Å²) in [6, 6.07) is 1.87. The largest absolute Gasteiger partial charge is 0.393 e. The van der Waals surface area contributed by atoms with Crippen LogP contribution in [0.1, 0.15) is 30.9 Å². The molecule has 2 N–H and O–H groups in total. The molecule has 10 heteroatoms. The summed E-state index contributed by atoms with van der Waals surface area (Å²) in [4.78, 5) is 25.9. The van der Waals surface area contributed by atoms with Crippen LogP contribution in [0.4, 0.5) is 11.6 Å². The fourth-order valence-electron chi connectivity index (χ4n) is 3.90. The number of rotatable bonds is 3. The monoisotopic (exact) mass is 380 g/mol. The Balaban J connectivity index is 1.59. The summed E-state index contributed by atoms with van der Waals surface area (Å²) >= 11 is 0. The van der Waals surface area contributed by atoms with Gasteiger partial charge in [-0.25, -0.2) is 19.3 Å². The van der Waals surface area contributed by atoms with Crippen LogP contribution in [0.15, 0.2) is 29.6 Å². The molecule has 10 nitrogen and oxygen atoms in total. The number of anilines is 2. The summed E-state index contributed by atoms with van der Waals surface area (Å²) in [6.07, 6.45) is 6.63. The summed E-state index contributed by atoms with van der Waals surface area (Å²) in [5.74, 6) is 0.396. The number of aliphatic hydroxyl groups excluding tert-OH is 1. The minimum Gasteiger partial charge on any atom is -0.393 e. The van der Waals surface area contributed by atoms with Crippen molar-refractivity contribution < 1.29 is 5.11 Å². The molecule has 4 aromatic heterocycles. The predicted octanol–water partition coefficient (Wildman–Crippen LogP) is 1.31. The third kappa shape index (κ3) is 2.56. The van der Waals surface area contributed by atoms with E-state index < -0.39 is 0 Å². The highest BCUT2D eigenvalue weighted by atomic mass is 16.3. The number of aryl methyl sites for hydroxylation is 2. The Morgan fingerprint density at radius 1 is 1.29 bits per heavy atom. The maximum absolute atomic E-state index is 12.8. The Morgan fingerprint density at radius 3 is 2.93 bits per heavy atom. The van der Waals surface area contributed by atoms with Gasteiger partial charge in [-0.2, -0.15) is 10.1 Å². The lowest BCUT2D eigenvalue weighted by Crippen LogP contribution is -2.25. The van der Waals surface area contributed by atoms with Crippen molar-refractivity contribution in [1.82, 2.24) is 33.7 Å². The first-order valence-electron chi connectivity index (χ1n) is 9.20. The lowest BCUT2D eigenvalue weighted by atomic mass is 10.2. The van der Waals surface area contributed by atoms with Crippen molar-refractivity contribution in [3.8, 4) is 0 Å². The molecular formula is C18H20N8O2. The smallest absolute Gasteiger partial charge is 0.330 e. The molecule has 0 aliphatic heterocycles. The molecule has 28 heavy (non-hydrogen) atoms. The van der Waals surface area contributed by atoms with E-state index in [0.29, 0.717) is 30.0 Å². The first-order valence-corrected chi connectivity index (χ1v) is 9.20. The maximum atomic E-state index is 12.8. The van der Waals surface area contributed by atoms with E-state index in [1.54, 1.807) is 26.9 Å². The molecule has 0 radical (unpaired) electrons. The summed E-state index contributed by atoms with van der Waals surface area (Å²) in [7, 11) is 1.71. The standard InChI is InChI=1S/C18H20N8O2/c1-10-5-15-20-9-21-25(15)8-13(10)22-17-19-7-14-16(23-17)26(18(28)24(14)2)11-3-4-12(27)6-11/h5,7-9,11-12,27H,3-4,6H2,1-2H3,(H,19,22,23)/t11-,12+/m1/s1. The van der Waals surface area contributed by atoms with Crippen molar-refractivity contribution in [2.45, 2.75) is 38.3 Å². The molecule has 5 rings (SSSR count). The molecule has 0 unspecified atom stereocenters. The van der Waals surface area contributed by atoms with Crippen LogP contribution in [-0.4, -0.2) is 44.9 Å². The third-order valence-corrected chi connectivity index (χ3v) is 5.44. The fraction of sp³-hybridized carbons (Fsp3) is 0.389. The number of hydrogen-bond acceptors (Lipinski definition) is 7. The van der Waals surface area contributed by atoms with Gasteiger partial charge in [0.1, 0.15) is 11.8 Å². The first kappa shape index (κ1) is 16.9. The molecule has 0 spiro atoms. The van der Waals surface area contributed by atoms with E-state index in [1.807, 2.05) is 19.2 Å². The van der Waals surface area contributed by atoms with Gasteiger partial charge in [0, 0.05) is 13.1 Å². The number of aromatic nitrogens is 7. The number of pyridine rings is 1. The van der Waals surface area contributed by atoms with Crippen molar-refractivity contribution in [2.24, 2.45) is 7.05 Å². The molecule has 2 atom stereocenters. The molecule has 0 aromatic carbocycles. The summed E-state index contributed by atoms with van der Waals surface area (Å²) in [5.41, 5.74) is 3.65. The predicted molar refractivity (Wildman–Crippen MR) is 103 cm³/mol. The number of hydrogen-bond donors (Lipinski definition) is 2. The van der Waals surface area contributed by atoms with Gasteiger partial charge in [-0.15, -0.1) is 0 Å². The Hall–Kier alpha value is -3.27. The Kier molecular flexibility index (Phi) is 3.69. The van der Waals surface area contributed by atoms with Gasteiger partial charge in [0.05, 0.1) is 24.2 Å². The van der Waals surface area contributed by atoms with E-state index in [1.165, 1.54) is 6.33 Å². The van der Waals surface area contributed by atoms with Crippen molar-refractivity contribution >= 4 is 28.4 Å². The number of imidazole rings is 1. The number of fused-ring (bicyclic) bond motifs is 2. The zero-order chi connectivity index (χ0) is 19.4. The maximum Gasteiger partial charge on any atom is 0.330 e. The molecule has 1 aliphatic rings.